The van der Waals surface area contributed by atoms with Crippen molar-refractivity contribution < 1.29 is 19.0 Å². The second-order valence-corrected chi connectivity index (χ2v) is 7.29. The lowest BCUT2D eigenvalue weighted by atomic mass is 10.2. The van der Waals surface area contributed by atoms with Crippen molar-refractivity contribution in [2.45, 2.75) is 23.9 Å². The fraction of sp³-hybridized carbons (Fsp3) is 0.333. The number of aromatic amines is 1. The van der Waals surface area contributed by atoms with Crippen LogP contribution in [0.15, 0.2) is 28.2 Å². The maximum atomic E-state index is 13.9. The van der Waals surface area contributed by atoms with E-state index in [9.17, 15) is 18.7 Å². The minimum Gasteiger partial charge on any atom is -0.395 e. The molecular weight excluding hydrogens is 418 g/mol. The lowest BCUT2D eigenvalue weighted by Gasteiger charge is -2.14. The minimum absolute atomic E-state index is 0.0120. The Morgan fingerprint density at radius 3 is 2.73 bits per heavy atom. The van der Waals surface area contributed by atoms with E-state index in [1.54, 1.807) is 6.92 Å². The predicted molar refractivity (Wildman–Crippen MR) is 110 cm³/mol. The highest BCUT2D eigenvalue weighted by atomic mass is 32.2. The average Bonchev–Trinajstić information content (AvgIpc) is 2.73. The zero-order valence-corrected chi connectivity index (χ0v) is 16.8. The Morgan fingerprint density at radius 2 is 2.00 bits per heavy atom. The fourth-order valence-electron chi connectivity index (χ4n) is 2.50. The van der Waals surface area contributed by atoms with Crippen molar-refractivity contribution in [3.63, 3.8) is 0 Å². The molecule has 3 rings (SSSR count). The van der Waals surface area contributed by atoms with Crippen LogP contribution in [0.3, 0.4) is 0 Å². The number of nitrogens with one attached hydrogen (secondary N) is 3. The lowest BCUT2D eigenvalue weighted by molar-refractivity contribution is 0.281. The summed E-state index contributed by atoms with van der Waals surface area (Å²) in [5.74, 6) is -1.57. The van der Waals surface area contributed by atoms with Crippen LogP contribution in [0.1, 0.15) is 12.5 Å². The number of nitrogens with zero attached hydrogens (tertiary/aromatic N) is 3. The molecule has 0 amide bonds. The number of aromatic nitrogens is 4. The second kappa shape index (κ2) is 9.78. The SMILES string of the molecule is C[C@H](CO)Nc1nc(SCc2cccc(F)c2F)nc2[nH]c(=O)c(NCCO)nc12. The second-order valence-electron chi connectivity index (χ2n) is 6.35. The molecule has 0 radical (unpaired) electrons. The van der Waals surface area contributed by atoms with Gasteiger partial charge in [0, 0.05) is 23.9 Å². The van der Waals surface area contributed by atoms with Crippen molar-refractivity contribution in [2.24, 2.45) is 0 Å². The van der Waals surface area contributed by atoms with Gasteiger partial charge >= 0.3 is 0 Å². The van der Waals surface area contributed by atoms with E-state index in [0.717, 1.165) is 17.8 Å². The molecule has 2 heterocycles. The van der Waals surface area contributed by atoms with E-state index in [4.69, 9.17) is 5.11 Å². The van der Waals surface area contributed by atoms with Crippen molar-refractivity contribution in [3.05, 3.63) is 45.8 Å². The molecule has 0 fully saturated rings. The average molecular weight is 438 g/mol. The highest BCUT2D eigenvalue weighted by Gasteiger charge is 2.16. The van der Waals surface area contributed by atoms with Gasteiger partial charge in [0.25, 0.3) is 5.56 Å². The molecule has 5 N–H and O–H groups in total. The molecule has 0 saturated heterocycles. The summed E-state index contributed by atoms with van der Waals surface area (Å²) >= 11 is 1.05. The number of anilines is 2. The Kier molecular flexibility index (Phi) is 7.13. The summed E-state index contributed by atoms with van der Waals surface area (Å²) in [5, 5.41) is 24.2. The van der Waals surface area contributed by atoms with Crippen molar-refractivity contribution in [2.75, 3.05) is 30.4 Å². The van der Waals surface area contributed by atoms with E-state index in [2.05, 4.69) is 30.6 Å². The number of aliphatic hydroxyl groups is 2. The van der Waals surface area contributed by atoms with Gasteiger partial charge < -0.3 is 25.8 Å². The molecule has 0 spiro atoms. The zero-order valence-electron chi connectivity index (χ0n) is 15.9. The number of H-pyrrole nitrogens is 1. The van der Waals surface area contributed by atoms with Gasteiger partial charge in [-0.3, -0.25) is 4.79 Å². The third-order valence-corrected chi connectivity index (χ3v) is 4.88. The highest BCUT2D eigenvalue weighted by molar-refractivity contribution is 7.98. The van der Waals surface area contributed by atoms with Gasteiger partial charge in [-0.05, 0) is 13.0 Å². The number of thioether (sulfide) groups is 1. The van der Waals surface area contributed by atoms with Gasteiger partial charge in [-0.2, -0.15) is 0 Å². The Hall–Kier alpha value is -2.83. The smallest absolute Gasteiger partial charge is 0.292 e. The van der Waals surface area contributed by atoms with E-state index >= 15 is 0 Å². The number of hydrogen-bond acceptors (Lipinski definition) is 9. The van der Waals surface area contributed by atoms with Crippen molar-refractivity contribution >= 4 is 34.6 Å². The number of halogens is 2. The molecule has 12 heteroatoms. The molecular formula is C18H20F2N6O3S. The number of aliphatic hydroxyl groups excluding tert-OH is 2. The van der Waals surface area contributed by atoms with E-state index < -0.39 is 17.2 Å². The lowest BCUT2D eigenvalue weighted by Crippen LogP contribution is -2.23. The van der Waals surface area contributed by atoms with Gasteiger partial charge in [0.2, 0.25) is 0 Å². The van der Waals surface area contributed by atoms with Crippen molar-refractivity contribution in [1.29, 1.82) is 0 Å². The van der Waals surface area contributed by atoms with Gasteiger partial charge in [-0.1, -0.05) is 23.9 Å². The Labute approximate surface area is 174 Å². The van der Waals surface area contributed by atoms with Crippen LogP contribution in [0.25, 0.3) is 11.2 Å². The van der Waals surface area contributed by atoms with Gasteiger partial charge in [0.15, 0.2) is 39.6 Å². The van der Waals surface area contributed by atoms with Crippen LogP contribution in [0.4, 0.5) is 20.4 Å². The van der Waals surface area contributed by atoms with E-state index in [0.29, 0.717) is 0 Å². The number of fused-ring (bicyclic) bond motifs is 1. The zero-order chi connectivity index (χ0) is 21.7. The maximum absolute atomic E-state index is 13.9. The normalized spacial score (nSPS) is 12.2. The molecule has 0 aliphatic heterocycles. The molecule has 0 unspecified atom stereocenters. The summed E-state index contributed by atoms with van der Waals surface area (Å²) in [5.41, 5.74) is -0.00365. The fourth-order valence-corrected chi connectivity index (χ4v) is 3.32. The molecule has 160 valence electrons. The predicted octanol–water partition coefficient (Wildman–Crippen LogP) is 1.48. The third-order valence-electron chi connectivity index (χ3n) is 3.98. The molecule has 0 aliphatic carbocycles. The van der Waals surface area contributed by atoms with Crippen LogP contribution >= 0.6 is 11.8 Å². The summed E-state index contributed by atoms with van der Waals surface area (Å²) in [4.78, 5) is 27.7. The molecule has 0 saturated carbocycles. The molecule has 1 aromatic carbocycles. The number of rotatable bonds is 9. The topological polar surface area (TPSA) is 136 Å². The molecule has 0 bridgehead atoms. The summed E-state index contributed by atoms with van der Waals surface area (Å²) in [7, 11) is 0. The first-order valence-corrected chi connectivity index (χ1v) is 10.0. The van der Waals surface area contributed by atoms with E-state index in [-0.39, 0.29) is 65.1 Å². The number of benzene rings is 1. The number of hydrogen-bond donors (Lipinski definition) is 5. The van der Waals surface area contributed by atoms with Gasteiger partial charge in [-0.25, -0.2) is 23.7 Å². The van der Waals surface area contributed by atoms with E-state index in [1.807, 2.05) is 0 Å². The van der Waals surface area contributed by atoms with Crippen LogP contribution in [-0.2, 0) is 5.75 Å². The van der Waals surface area contributed by atoms with Crippen molar-refractivity contribution in [1.82, 2.24) is 19.9 Å². The van der Waals surface area contributed by atoms with Gasteiger partial charge in [0.1, 0.15) is 0 Å². The Morgan fingerprint density at radius 1 is 1.20 bits per heavy atom. The summed E-state index contributed by atoms with van der Waals surface area (Å²) in [6, 6.07) is 3.53. The summed E-state index contributed by atoms with van der Waals surface area (Å²) in [6.07, 6.45) is 0. The first-order valence-electron chi connectivity index (χ1n) is 9.02. The highest BCUT2D eigenvalue weighted by Crippen LogP contribution is 2.26. The first kappa shape index (κ1) is 21.9. The Bertz CT molecular complexity index is 1100. The third kappa shape index (κ3) is 5.01. The van der Waals surface area contributed by atoms with Crippen LogP contribution in [0.2, 0.25) is 0 Å². The Balaban J connectivity index is 1.98. The maximum Gasteiger partial charge on any atom is 0.292 e. The van der Waals surface area contributed by atoms with Crippen LogP contribution in [0.5, 0.6) is 0 Å². The minimum atomic E-state index is -0.942. The molecule has 9 nitrogen and oxygen atoms in total. The van der Waals surface area contributed by atoms with Gasteiger partial charge in [-0.15, -0.1) is 0 Å². The van der Waals surface area contributed by atoms with Crippen molar-refractivity contribution in [3.8, 4) is 0 Å². The first-order chi connectivity index (χ1) is 14.4. The summed E-state index contributed by atoms with van der Waals surface area (Å²) in [6.45, 7) is 1.49. The monoisotopic (exact) mass is 438 g/mol. The molecule has 30 heavy (non-hydrogen) atoms. The van der Waals surface area contributed by atoms with E-state index in [1.165, 1.54) is 12.1 Å². The molecule has 3 aromatic rings. The standard InChI is InChI=1S/C18H20F2N6O3S/c1-9(7-28)22-14-13-15(24-17(29)16(23-13)21-5-6-27)26-18(25-14)30-8-10-3-2-4-11(19)12(10)20/h2-4,9,27-28H,5-8H2,1H3,(H,21,23)(H2,22,24,25,26,29)/t9-/m1/s1. The van der Waals surface area contributed by atoms with Crippen LogP contribution in [-0.4, -0.2) is 55.9 Å². The van der Waals surface area contributed by atoms with Crippen LogP contribution < -0.4 is 16.2 Å². The summed E-state index contributed by atoms with van der Waals surface area (Å²) < 4.78 is 27.3. The van der Waals surface area contributed by atoms with Gasteiger partial charge in [0.05, 0.1) is 13.2 Å². The molecule has 1 atom stereocenters. The largest absolute Gasteiger partial charge is 0.395 e. The molecule has 0 aliphatic rings. The van der Waals surface area contributed by atoms with Crippen LogP contribution in [0, 0.1) is 11.6 Å². The molecule has 2 aromatic heterocycles. The quantitative estimate of drug-likeness (QED) is 0.249.